The number of carbonyl (C=O) groups excluding carboxylic acids is 1. The fraction of sp³-hybridized carbons (Fsp3) is 0.588. The Labute approximate surface area is 130 Å². The minimum atomic E-state index is -1.71. The Kier molecular flexibility index (Phi) is 3.97. The van der Waals surface area contributed by atoms with Crippen LogP contribution < -0.4 is 11.1 Å². The summed E-state index contributed by atoms with van der Waals surface area (Å²) in [5, 5.41) is 14.2. The Balaban J connectivity index is 1.76. The van der Waals surface area contributed by atoms with E-state index in [2.05, 4.69) is 12.2 Å². The van der Waals surface area contributed by atoms with Crippen molar-refractivity contribution < 1.29 is 14.6 Å². The standard InChI is InChI=1S/C17H24N2O3/c1-16(9-10-22-14(16)12-7-8-12)19-11-17(21,15(18)20)13-5-3-2-4-6-13/h2-6,12,14,19,21H,7-11H2,1H3,(H2,18,20). The summed E-state index contributed by atoms with van der Waals surface area (Å²) in [6.45, 7) is 2.91. The Morgan fingerprint density at radius 3 is 2.73 bits per heavy atom. The molecule has 2 fully saturated rings. The summed E-state index contributed by atoms with van der Waals surface area (Å²) in [5.74, 6) is -0.143. The van der Waals surface area contributed by atoms with Gasteiger partial charge in [0.05, 0.1) is 6.10 Å². The van der Waals surface area contributed by atoms with E-state index in [0.717, 1.165) is 6.42 Å². The van der Waals surface area contributed by atoms with Gasteiger partial charge in [0.25, 0.3) is 5.91 Å². The highest BCUT2D eigenvalue weighted by atomic mass is 16.5. The van der Waals surface area contributed by atoms with Crippen LogP contribution in [0.15, 0.2) is 30.3 Å². The molecule has 120 valence electrons. The lowest BCUT2D eigenvalue weighted by molar-refractivity contribution is -0.137. The fourth-order valence-electron chi connectivity index (χ4n) is 3.34. The summed E-state index contributed by atoms with van der Waals surface area (Å²) in [6, 6.07) is 8.86. The quantitative estimate of drug-likeness (QED) is 0.729. The second-order valence-electron chi connectivity index (χ2n) is 6.74. The molecule has 1 amide bonds. The van der Waals surface area contributed by atoms with Gasteiger partial charge in [0.1, 0.15) is 0 Å². The van der Waals surface area contributed by atoms with Gasteiger partial charge < -0.3 is 20.9 Å². The number of hydrogen-bond donors (Lipinski definition) is 3. The SMILES string of the molecule is CC1(NCC(O)(C(N)=O)c2ccccc2)CCOC1C1CC1. The number of nitrogens with one attached hydrogen (secondary N) is 1. The zero-order chi connectivity index (χ0) is 15.8. The summed E-state index contributed by atoms with van der Waals surface area (Å²) in [6.07, 6.45) is 3.42. The van der Waals surface area contributed by atoms with E-state index in [1.54, 1.807) is 24.3 Å². The predicted molar refractivity (Wildman–Crippen MR) is 83.0 cm³/mol. The van der Waals surface area contributed by atoms with Crippen molar-refractivity contribution >= 4 is 5.91 Å². The van der Waals surface area contributed by atoms with E-state index in [1.165, 1.54) is 12.8 Å². The Morgan fingerprint density at radius 1 is 1.45 bits per heavy atom. The molecular weight excluding hydrogens is 280 g/mol. The van der Waals surface area contributed by atoms with Gasteiger partial charge in [-0.1, -0.05) is 30.3 Å². The van der Waals surface area contributed by atoms with E-state index in [-0.39, 0.29) is 18.2 Å². The van der Waals surface area contributed by atoms with E-state index in [1.807, 2.05) is 6.07 Å². The topological polar surface area (TPSA) is 84.6 Å². The number of primary amides is 1. The van der Waals surface area contributed by atoms with Gasteiger partial charge in [-0.15, -0.1) is 0 Å². The number of carbonyl (C=O) groups is 1. The van der Waals surface area contributed by atoms with E-state index in [9.17, 15) is 9.90 Å². The number of aliphatic hydroxyl groups is 1. The Morgan fingerprint density at radius 2 is 2.14 bits per heavy atom. The first-order valence-electron chi connectivity index (χ1n) is 7.90. The minimum Gasteiger partial charge on any atom is -0.376 e. The van der Waals surface area contributed by atoms with Crippen LogP contribution in [0.4, 0.5) is 0 Å². The average molecular weight is 304 g/mol. The maximum absolute atomic E-state index is 11.9. The van der Waals surface area contributed by atoms with E-state index >= 15 is 0 Å². The summed E-state index contributed by atoms with van der Waals surface area (Å²) in [5.41, 5.74) is 4.06. The average Bonchev–Trinajstić information content (AvgIpc) is 3.28. The first kappa shape index (κ1) is 15.5. The summed E-state index contributed by atoms with van der Waals surface area (Å²) < 4.78 is 5.86. The molecule has 3 atom stereocenters. The van der Waals surface area contributed by atoms with Crippen LogP contribution in [0.1, 0.15) is 31.7 Å². The van der Waals surface area contributed by atoms with E-state index in [4.69, 9.17) is 10.5 Å². The van der Waals surface area contributed by atoms with Crippen molar-refractivity contribution in [3.8, 4) is 0 Å². The molecule has 0 radical (unpaired) electrons. The largest absolute Gasteiger partial charge is 0.376 e. The van der Waals surface area contributed by atoms with Crippen LogP contribution in [0.5, 0.6) is 0 Å². The smallest absolute Gasteiger partial charge is 0.255 e. The van der Waals surface area contributed by atoms with E-state index in [0.29, 0.717) is 18.1 Å². The highest BCUT2D eigenvalue weighted by Crippen LogP contribution is 2.43. The summed E-state index contributed by atoms with van der Waals surface area (Å²) >= 11 is 0. The first-order chi connectivity index (χ1) is 10.5. The Hall–Kier alpha value is -1.43. The molecule has 1 aromatic carbocycles. The van der Waals surface area contributed by atoms with Crippen LogP contribution in [0.2, 0.25) is 0 Å². The monoisotopic (exact) mass is 304 g/mol. The van der Waals surface area contributed by atoms with Crippen molar-refractivity contribution in [1.29, 1.82) is 0 Å². The molecule has 0 aromatic heterocycles. The highest BCUT2D eigenvalue weighted by molar-refractivity contribution is 5.85. The number of rotatable bonds is 6. The third kappa shape index (κ3) is 2.76. The molecule has 1 saturated carbocycles. The minimum absolute atomic E-state index is 0.0927. The second-order valence-corrected chi connectivity index (χ2v) is 6.74. The van der Waals surface area contributed by atoms with Crippen LogP contribution >= 0.6 is 0 Å². The van der Waals surface area contributed by atoms with Gasteiger partial charge in [-0.3, -0.25) is 4.79 Å². The number of ether oxygens (including phenoxy) is 1. The number of nitrogens with two attached hydrogens (primary N) is 1. The molecule has 2 aliphatic rings. The van der Waals surface area contributed by atoms with Crippen LogP contribution in [-0.4, -0.2) is 35.8 Å². The van der Waals surface area contributed by atoms with Crippen LogP contribution in [0, 0.1) is 5.92 Å². The van der Waals surface area contributed by atoms with Gasteiger partial charge >= 0.3 is 0 Å². The fourth-order valence-corrected chi connectivity index (χ4v) is 3.34. The normalized spacial score (nSPS) is 30.9. The second kappa shape index (κ2) is 5.65. The molecule has 0 bridgehead atoms. The molecule has 1 aliphatic heterocycles. The maximum atomic E-state index is 11.9. The van der Waals surface area contributed by atoms with Crippen LogP contribution in [0.3, 0.4) is 0 Å². The lowest BCUT2D eigenvalue weighted by Gasteiger charge is -2.35. The molecule has 1 heterocycles. The molecule has 0 spiro atoms. The van der Waals surface area contributed by atoms with Gasteiger partial charge in [-0.05, 0) is 37.7 Å². The van der Waals surface area contributed by atoms with Crippen molar-refractivity contribution in [2.45, 2.75) is 43.4 Å². The number of β-amino-alcohol motifs (C(OH)–C–C–N with tert-alkyl or cyclic N) is 1. The van der Waals surface area contributed by atoms with Gasteiger partial charge in [0.15, 0.2) is 5.60 Å². The lowest BCUT2D eigenvalue weighted by atomic mass is 9.87. The summed E-state index contributed by atoms with van der Waals surface area (Å²) in [4.78, 5) is 11.9. The van der Waals surface area contributed by atoms with Crippen molar-refractivity contribution in [3.63, 3.8) is 0 Å². The molecule has 1 aliphatic carbocycles. The molecule has 1 aromatic rings. The van der Waals surface area contributed by atoms with Crippen molar-refractivity contribution in [2.75, 3.05) is 13.2 Å². The highest BCUT2D eigenvalue weighted by Gasteiger charge is 2.49. The maximum Gasteiger partial charge on any atom is 0.255 e. The first-order valence-corrected chi connectivity index (χ1v) is 7.90. The lowest BCUT2D eigenvalue weighted by Crippen LogP contribution is -2.57. The molecular formula is C17H24N2O3. The number of amides is 1. The molecule has 1 saturated heterocycles. The van der Waals surface area contributed by atoms with Gasteiger partial charge in [-0.2, -0.15) is 0 Å². The molecule has 22 heavy (non-hydrogen) atoms. The van der Waals surface area contributed by atoms with Crippen LogP contribution in [-0.2, 0) is 15.1 Å². The molecule has 5 nitrogen and oxygen atoms in total. The zero-order valence-corrected chi connectivity index (χ0v) is 12.9. The molecule has 3 unspecified atom stereocenters. The predicted octanol–water partition coefficient (Wildman–Crippen LogP) is 0.907. The Bertz CT molecular complexity index is 546. The molecule has 3 rings (SSSR count). The number of benzene rings is 1. The third-order valence-electron chi connectivity index (χ3n) is 5.00. The van der Waals surface area contributed by atoms with Crippen molar-refractivity contribution in [3.05, 3.63) is 35.9 Å². The molecule has 4 N–H and O–H groups in total. The van der Waals surface area contributed by atoms with Crippen LogP contribution in [0.25, 0.3) is 0 Å². The third-order valence-corrected chi connectivity index (χ3v) is 5.00. The number of hydrogen-bond acceptors (Lipinski definition) is 4. The summed E-state index contributed by atoms with van der Waals surface area (Å²) in [7, 11) is 0. The van der Waals surface area contributed by atoms with Gasteiger partial charge in [-0.25, -0.2) is 0 Å². The van der Waals surface area contributed by atoms with E-state index < -0.39 is 11.5 Å². The van der Waals surface area contributed by atoms with Crippen molar-refractivity contribution in [2.24, 2.45) is 11.7 Å². The van der Waals surface area contributed by atoms with Gasteiger partial charge in [0, 0.05) is 18.7 Å². The van der Waals surface area contributed by atoms with Crippen molar-refractivity contribution in [1.82, 2.24) is 5.32 Å². The zero-order valence-electron chi connectivity index (χ0n) is 12.9. The molecule has 5 heteroatoms. The van der Waals surface area contributed by atoms with Gasteiger partial charge in [0.2, 0.25) is 0 Å².